The molecule has 0 aromatic heterocycles. The maximum absolute atomic E-state index is 12.3. The van der Waals surface area contributed by atoms with Crippen LogP contribution in [0.5, 0.6) is 0 Å². The summed E-state index contributed by atoms with van der Waals surface area (Å²) in [7, 11) is 0. The number of hydrogen-bond donors (Lipinski definition) is 2. The standard InChI is InChI=1S/C13H18F3NO/c1-2-3-12(18)9-17-8-10-4-6-11(7-5-10)13(14,15)16/h4-7,12,17-18H,2-3,8-9H2,1H3. The third kappa shape index (κ3) is 5.06. The highest BCUT2D eigenvalue weighted by Crippen LogP contribution is 2.28. The summed E-state index contributed by atoms with van der Waals surface area (Å²) in [6.07, 6.45) is -3.06. The van der Waals surface area contributed by atoms with Crippen LogP contribution in [0.2, 0.25) is 0 Å². The molecule has 0 amide bonds. The van der Waals surface area contributed by atoms with Crippen molar-refractivity contribution in [3.05, 3.63) is 35.4 Å². The molecule has 0 saturated carbocycles. The van der Waals surface area contributed by atoms with Crippen molar-refractivity contribution < 1.29 is 18.3 Å². The van der Waals surface area contributed by atoms with E-state index in [1.54, 1.807) is 0 Å². The van der Waals surface area contributed by atoms with Crippen LogP contribution < -0.4 is 5.32 Å². The van der Waals surface area contributed by atoms with E-state index in [4.69, 9.17) is 0 Å². The normalized spacial score (nSPS) is 13.6. The fourth-order valence-corrected chi connectivity index (χ4v) is 1.63. The number of halogens is 3. The smallest absolute Gasteiger partial charge is 0.392 e. The summed E-state index contributed by atoms with van der Waals surface area (Å²) in [5, 5.41) is 12.5. The van der Waals surface area contributed by atoms with Crippen molar-refractivity contribution in [3.8, 4) is 0 Å². The number of aliphatic hydroxyl groups is 1. The van der Waals surface area contributed by atoms with Crippen LogP contribution in [0, 0.1) is 0 Å². The van der Waals surface area contributed by atoms with E-state index >= 15 is 0 Å². The Morgan fingerprint density at radius 3 is 2.33 bits per heavy atom. The highest BCUT2D eigenvalue weighted by Gasteiger charge is 2.29. The van der Waals surface area contributed by atoms with E-state index in [2.05, 4.69) is 5.32 Å². The molecule has 1 rings (SSSR count). The van der Waals surface area contributed by atoms with Gasteiger partial charge in [-0.15, -0.1) is 0 Å². The Morgan fingerprint density at radius 1 is 1.22 bits per heavy atom. The Kier molecular flexibility index (Phi) is 5.62. The number of alkyl halides is 3. The minimum absolute atomic E-state index is 0.399. The lowest BCUT2D eigenvalue weighted by atomic mass is 10.1. The molecule has 2 N–H and O–H groups in total. The van der Waals surface area contributed by atoms with Gasteiger partial charge in [-0.1, -0.05) is 25.5 Å². The summed E-state index contributed by atoms with van der Waals surface area (Å²) in [4.78, 5) is 0. The second-order valence-corrected chi connectivity index (χ2v) is 4.27. The van der Waals surface area contributed by atoms with Crippen LogP contribution >= 0.6 is 0 Å². The van der Waals surface area contributed by atoms with Crippen LogP contribution in [0.4, 0.5) is 13.2 Å². The number of rotatable bonds is 6. The van der Waals surface area contributed by atoms with Crippen molar-refractivity contribution in [2.75, 3.05) is 6.54 Å². The molecule has 5 heteroatoms. The topological polar surface area (TPSA) is 32.3 Å². The molecule has 1 aromatic carbocycles. The molecule has 18 heavy (non-hydrogen) atoms. The maximum Gasteiger partial charge on any atom is 0.416 e. The molecule has 0 fully saturated rings. The van der Waals surface area contributed by atoms with Gasteiger partial charge in [0.05, 0.1) is 11.7 Å². The summed E-state index contributed by atoms with van der Waals surface area (Å²) in [5.74, 6) is 0. The Hall–Kier alpha value is -1.07. The molecule has 0 aliphatic carbocycles. The van der Waals surface area contributed by atoms with Gasteiger partial charge in [-0.25, -0.2) is 0 Å². The molecule has 0 aliphatic rings. The molecular formula is C13H18F3NO. The van der Waals surface area contributed by atoms with E-state index in [1.165, 1.54) is 12.1 Å². The first-order chi connectivity index (χ1) is 8.43. The molecule has 0 saturated heterocycles. The number of nitrogens with one attached hydrogen (secondary N) is 1. The fourth-order valence-electron chi connectivity index (χ4n) is 1.63. The highest BCUT2D eigenvalue weighted by atomic mass is 19.4. The van der Waals surface area contributed by atoms with E-state index in [-0.39, 0.29) is 0 Å². The second-order valence-electron chi connectivity index (χ2n) is 4.27. The van der Waals surface area contributed by atoms with E-state index in [0.29, 0.717) is 13.1 Å². The van der Waals surface area contributed by atoms with Crippen molar-refractivity contribution >= 4 is 0 Å². The van der Waals surface area contributed by atoms with Gasteiger partial charge < -0.3 is 10.4 Å². The van der Waals surface area contributed by atoms with Gasteiger partial charge in [0.2, 0.25) is 0 Å². The van der Waals surface area contributed by atoms with Crippen molar-refractivity contribution in [2.45, 2.75) is 38.6 Å². The van der Waals surface area contributed by atoms with Crippen LogP contribution in [0.25, 0.3) is 0 Å². The van der Waals surface area contributed by atoms with Gasteiger partial charge in [0.15, 0.2) is 0 Å². The van der Waals surface area contributed by atoms with Crippen LogP contribution in [0.3, 0.4) is 0 Å². The minimum Gasteiger partial charge on any atom is -0.392 e. The van der Waals surface area contributed by atoms with Gasteiger partial charge in [-0.2, -0.15) is 13.2 Å². The zero-order valence-corrected chi connectivity index (χ0v) is 10.3. The van der Waals surface area contributed by atoms with Gasteiger partial charge >= 0.3 is 6.18 Å². The highest BCUT2D eigenvalue weighted by molar-refractivity contribution is 5.24. The Bertz CT molecular complexity index is 348. The molecule has 102 valence electrons. The lowest BCUT2D eigenvalue weighted by molar-refractivity contribution is -0.137. The third-order valence-corrected chi connectivity index (χ3v) is 2.61. The summed E-state index contributed by atoms with van der Waals surface area (Å²) in [6, 6.07) is 5.03. The SMILES string of the molecule is CCCC(O)CNCc1ccc(C(F)(F)F)cc1. The van der Waals surface area contributed by atoms with Crippen molar-refractivity contribution in [1.29, 1.82) is 0 Å². The second kappa shape index (κ2) is 6.75. The molecular weight excluding hydrogens is 243 g/mol. The summed E-state index contributed by atoms with van der Waals surface area (Å²) in [6.45, 7) is 2.90. The first-order valence-corrected chi connectivity index (χ1v) is 5.98. The minimum atomic E-state index is -4.29. The third-order valence-electron chi connectivity index (χ3n) is 2.61. The Balaban J connectivity index is 2.40. The zero-order valence-electron chi connectivity index (χ0n) is 10.3. The number of hydrogen-bond acceptors (Lipinski definition) is 2. The lowest BCUT2D eigenvalue weighted by Gasteiger charge is -2.11. The molecule has 0 spiro atoms. The Labute approximate surface area is 105 Å². The summed E-state index contributed by atoms with van der Waals surface area (Å²) in [5.41, 5.74) is 0.129. The molecule has 2 nitrogen and oxygen atoms in total. The van der Waals surface area contributed by atoms with E-state index in [0.717, 1.165) is 30.5 Å². The first-order valence-electron chi connectivity index (χ1n) is 5.98. The molecule has 0 aliphatic heterocycles. The average Bonchev–Trinajstić information content (AvgIpc) is 2.29. The maximum atomic E-state index is 12.3. The van der Waals surface area contributed by atoms with Gasteiger partial charge in [0.1, 0.15) is 0 Å². The molecule has 1 unspecified atom stereocenters. The van der Waals surface area contributed by atoms with Crippen molar-refractivity contribution in [3.63, 3.8) is 0 Å². The van der Waals surface area contributed by atoms with Crippen molar-refractivity contribution in [1.82, 2.24) is 5.32 Å². The van der Waals surface area contributed by atoms with Crippen molar-refractivity contribution in [2.24, 2.45) is 0 Å². The molecule has 1 aromatic rings. The van der Waals surface area contributed by atoms with E-state index < -0.39 is 17.8 Å². The average molecular weight is 261 g/mol. The van der Waals surface area contributed by atoms with Gasteiger partial charge in [-0.3, -0.25) is 0 Å². The fraction of sp³-hybridized carbons (Fsp3) is 0.538. The predicted octanol–water partition coefficient (Wildman–Crippen LogP) is 2.96. The quantitative estimate of drug-likeness (QED) is 0.825. The zero-order chi connectivity index (χ0) is 13.6. The molecule has 1 atom stereocenters. The van der Waals surface area contributed by atoms with Crippen LogP contribution in [0.1, 0.15) is 30.9 Å². The monoisotopic (exact) mass is 261 g/mol. The lowest BCUT2D eigenvalue weighted by Crippen LogP contribution is -2.26. The number of benzene rings is 1. The van der Waals surface area contributed by atoms with Crippen LogP contribution in [-0.4, -0.2) is 17.8 Å². The molecule has 0 bridgehead atoms. The van der Waals surface area contributed by atoms with Crippen LogP contribution in [-0.2, 0) is 12.7 Å². The summed E-state index contributed by atoms with van der Waals surface area (Å²) >= 11 is 0. The molecule has 0 heterocycles. The van der Waals surface area contributed by atoms with Gasteiger partial charge in [-0.05, 0) is 24.1 Å². The summed E-state index contributed by atoms with van der Waals surface area (Å²) < 4.78 is 36.9. The first kappa shape index (κ1) is 15.0. The number of aliphatic hydroxyl groups excluding tert-OH is 1. The van der Waals surface area contributed by atoms with Gasteiger partial charge in [0.25, 0.3) is 0 Å². The van der Waals surface area contributed by atoms with E-state index in [9.17, 15) is 18.3 Å². The predicted molar refractivity (Wildman–Crippen MR) is 64.1 cm³/mol. The largest absolute Gasteiger partial charge is 0.416 e. The van der Waals surface area contributed by atoms with Crippen LogP contribution in [0.15, 0.2) is 24.3 Å². The van der Waals surface area contributed by atoms with Gasteiger partial charge in [0, 0.05) is 13.1 Å². The molecule has 0 radical (unpaired) electrons. The Morgan fingerprint density at radius 2 is 1.83 bits per heavy atom. The van der Waals surface area contributed by atoms with E-state index in [1.807, 2.05) is 6.92 Å².